The first-order valence-electron chi connectivity index (χ1n) is 2.72. The molecule has 0 aliphatic heterocycles. The van der Waals surface area contributed by atoms with E-state index >= 15 is 0 Å². The molecule has 6 N–H and O–H groups in total. The quantitative estimate of drug-likeness (QED) is 0.185. The molecule has 0 atom stereocenters. The Morgan fingerprint density at radius 2 is 0.241 bits per heavy atom. The predicted octanol–water partition coefficient (Wildman–Crippen LogP) is 6.40. The zero-order valence-corrected chi connectivity index (χ0v) is 8.45. The van der Waals surface area contributed by atoms with Gasteiger partial charge in [-0.1, -0.05) is 81.7 Å². The van der Waals surface area contributed by atoms with E-state index in [1.165, 1.54) is 0 Å². The van der Waals surface area contributed by atoms with E-state index in [0.29, 0.717) is 0 Å². The minimum atomic E-state index is 0. The molecule has 12 nitrogen and oxygen atoms in total. The van der Waals surface area contributed by atoms with Gasteiger partial charge in [0.25, 0.3) is 0 Å². The third-order valence-electron chi connectivity index (χ3n) is 0. The van der Waals surface area contributed by atoms with Crippen LogP contribution in [0.4, 0.5) is 0 Å². The summed E-state index contributed by atoms with van der Waals surface area (Å²) in [6, 6.07) is 0. The Balaban J connectivity index is -0.00000000369. The van der Waals surface area contributed by atoms with Crippen molar-refractivity contribution in [3.8, 4) is 0 Å². The summed E-state index contributed by atoms with van der Waals surface area (Å²) in [5, 5.41) is 32.4. The highest BCUT2D eigenvalue weighted by Gasteiger charge is 1.05. The zero-order chi connectivity index (χ0) is 16.2. The Labute approximate surface area is 180 Å². The van der Waals surface area contributed by atoms with E-state index in [1.807, 2.05) is 0 Å². The molecule has 12 heteroatoms. The number of rotatable bonds is 0. The van der Waals surface area contributed by atoms with Gasteiger partial charge in [0.1, 0.15) is 0 Å². The second kappa shape index (κ2) is 2530. The average molecular weight is 435 g/mol. The van der Waals surface area contributed by atoms with Crippen molar-refractivity contribution in [2.75, 3.05) is 0 Å². The lowest BCUT2D eigenvalue weighted by Crippen LogP contribution is -1.16. The first-order chi connectivity index (χ1) is 8.49. The van der Waals surface area contributed by atoms with E-state index in [2.05, 4.69) is 0 Å². The van der Waals surface area contributed by atoms with Crippen LogP contribution in [-0.4, -0.2) is 36.5 Å². The van der Waals surface area contributed by atoms with Crippen LogP contribution in [0.3, 0.4) is 0 Å². The van der Waals surface area contributed by atoms with Crippen molar-refractivity contribution < 1.29 is 28.8 Å². The van der Waals surface area contributed by atoms with E-state index in [1.54, 1.807) is 0 Å². The maximum Gasteiger partial charge on any atom is 0.231 e. The Hall–Kier alpha value is -3.72. The van der Waals surface area contributed by atoms with Gasteiger partial charge in [-0.3, -0.25) is 0 Å². The number of carbonyl (C=O) groups excluding carboxylic acids is 6. The first kappa shape index (κ1) is 217. The molecule has 29 heavy (non-hydrogen) atoms. The second-order valence-electron chi connectivity index (χ2n) is 0.612. The fourth-order valence-corrected chi connectivity index (χ4v) is 0. The van der Waals surface area contributed by atoms with Gasteiger partial charge in [-0.2, -0.15) is 0 Å². The van der Waals surface area contributed by atoms with Crippen molar-refractivity contribution in [2.45, 2.75) is 81.7 Å². The molecule has 184 valence electrons. The molecule has 0 aliphatic carbocycles. The highest BCUT2D eigenvalue weighted by molar-refractivity contribution is 5.27. The van der Waals surface area contributed by atoms with E-state index in [0.717, 1.165) is 36.5 Å². The van der Waals surface area contributed by atoms with Crippen molar-refractivity contribution in [2.24, 2.45) is 0 Å². The Morgan fingerprint density at radius 1 is 0.241 bits per heavy atom. The van der Waals surface area contributed by atoms with E-state index in [9.17, 15) is 0 Å². The Kier molecular flexibility index (Phi) is 19000. The summed E-state index contributed by atoms with van der Waals surface area (Å²) in [4.78, 5) is 50.1. The molecule has 0 unspecified atom stereocenters. The second-order valence-corrected chi connectivity index (χ2v) is 0.612. The summed E-state index contributed by atoms with van der Waals surface area (Å²) < 4.78 is 0. The van der Waals surface area contributed by atoms with Crippen LogP contribution in [0.5, 0.6) is 0 Å². The summed E-state index contributed by atoms with van der Waals surface area (Å²) >= 11 is 0. The van der Waals surface area contributed by atoms with Gasteiger partial charge in [0.05, 0.1) is 0 Å². The average Bonchev–Trinajstić information content (AvgIpc) is 2.23. The molecule has 0 saturated heterocycles. The smallest absolute Gasteiger partial charge is 0.222 e. The molecule has 0 spiro atoms. The maximum atomic E-state index is 8.35. The third-order valence-corrected chi connectivity index (χ3v) is 0. The first-order valence-corrected chi connectivity index (χ1v) is 2.72. The molecule has 0 amide bonds. The summed E-state index contributed by atoms with van der Waals surface area (Å²) in [7, 11) is 0. The van der Waals surface area contributed by atoms with E-state index < -0.39 is 0 Å². The summed E-state index contributed by atoms with van der Waals surface area (Å²) in [6.45, 7) is 0. The molecule has 0 bridgehead atoms. The van der Waals surface area contributed by atoms with Gasteiger partial charge in [-0.15, -0.1) is 0 Å². The fourth-order valence-electron chi connectivity index (χ4n) is 0. The van der Waals surface area contributed by atoms with Crippen molar-refractivity contribution in [3.05, 3.63) is 0 Å². The molecular formula is C17H50N6O6. The van der Waals surface area contributed by atoms with Gasteiger partial charge in [0, 0.05) is 0 Å². The van der Waals surface area contributed by atoms with Gasteiger partial charge in [0.2, 0.25) is 36.5 Å². The van der Waals surface area contributed by atoms with Crippen LogP contribution in [0.15, 0.2) is 0 Å². The van der Waals surface area contributed by atoms with Gasteiger partial charge < -0.3 is 0 Å². The van der Waals surface area contributed by atoms with Crippen LogP contribution < -0.4 is 0 Å². The molecule has 0 rings (SSSR count). The van der Waals surface area contributed by atoms with Crippen LogP contribution >= 0.6 is 0 Å². The normalized spacial score (nSPS) is 1.66. The van der Waals surface area contributed by atoms with Crippen LogP contribution in [0.2, 0.25) is 0 Å². The number of hydrogen-bond donors (Lipinski definition) is 6. The lowest BCUT2D eigenvalue weighted by Gasteiger charge is -1.02. The molecular weight excluding hydrogens is 384 g/mol. The lowest BCUT2D eigenvalue weighted by atomic mass is 11.7. The monoisotopic (exact) mass is 434 g/mol. The van der Waals surface area contributed by atoms with E-state index in [-0.39, 0.29) is 81.7 Å². The summed E-state index contributed by atoms with van der Waals surface area (Å²) in [5.74, 6) is 0. The van der Waals surface area contributed by atoms with Crippen molar-refractivity contribution in [3.63, 3.8) is 0 Å². The van der Waals surface area contributed by atoms with Crippen LogP contribution in [0.1, 0.15) is 81.7 Å². The number of nitrogens with one attached hydrogen (secondary N) is 6. The predicted molar refractivity (Wildman–Crippen MR) is 125 cm³/mol. The highest BCUT2D eigenvalue weighted by atomic mass is 16.1. The van der Waals surface area contributed by atoms with Crippen molar-refractivity contribution in [1.82, 2.24) is 0 Å². The molecule has 0 aliphatic rings. The topological polar surface area (TPSA) is 246 Å². The molecule has 0 aromatic carbocycles. The summed E-state index contributed by atoms with van der Waals surface area (Å²) in [6.07, 6.45) is 4.50. The molecule has 0 aromatic rings. The SMILES string of the molecule is C.C.C.C.C.C.C.C.C.C.C.N=C=O.N=C=O.N=C=O.N=C=O.N=C=O.N=C=O. The minimum absolute atomic E-state index is 0. The van der Waals surface area contributed by atoms with Gasteiger partial charge in [-0.05, 0) is 0 Å². The minimum Gasteiger partial charge on any atom is -0.222 e. The molecule has 0 radical (unpaired) electrons. The van der Waals surface area contributed by atoms with Gasteiger partial charge in [-0.25, -0.2) is 61.2 Å². The molecule has 0 fully saturated rings. The Morgan fingerprint density at radius 3 is 0.241 bits per heavy atom. The third kappa shape index (κ3) is 871. The van der Waals surface area contributed by atoms with Crippen molar-refractivity contribution >= 4 is 36.5 Å². The van der Waals surface area contributed by atoms with Gasteiger partial charge in [0.15, 0.2) is 0 Å². The highest BCUT2D eigenvalue weighted by Crippen LogP contribution is 0.883. The number of isocyanates is 6. The standard InChI is InChI=1S/6CHNO.11CH4/c6*2-1-3;;;;;;;;;;;/h6*2H;11*1H4. The molecule has 0 heterocycles. The van der Waals surface area contributed by atoms with Crippen LogP contribution in [0, 0.1) is 32.5 Å². The number of hydrogen-bond acceptors (Lipinski definition) is 12. The van der Waals surface area contributed by atoms with Crippen LogP contribution in [-0.2, 0) is 28.8 Å². The molecule has 0 saturated carbocycles. The largest absolute Gasteiger partial charge is 0.231 e. The Bertz CT molecular complexity index is 260. The fraction of sp³-hybridized carbons (Fsp3) is 0.647. The van der Waals surface area contributed by atoms with E-state index in [4.69, 9.17) is 61.2 Å². The maximum absolute atomic E-state index is 8.35. The van der Waals surface area contributed by atoms with Crippen molar-refractivity contribution in [1.29, 1.82) is 32.5 Å². The molecule has 0 aromatic heterocycles. The summed E-state index contributed by atoms with van der Waals surface area (Å²) in [5.41, 5.74) is 0. The lowest BCUT2D eigenvalue weighted by molar-refractivity contribution is 0.562. The zero-order valence-electron chi connectivity index (χ0n) is 8.45. The van der Waals surface area contributed by atoms with Crippen LogP contribution in [0.25, 0.3) is 0 Å². The van der Waals surface area contributed by atoms with Gasteiger partial charge >= 0.3 is 0 Å².